The first kappa shape index (κ1) is 16.3. The van der Waals surface area contributed by atoms with Gasteiger partial charge in [0.1, 0.15) is 0 Å². The summed E-state index contributed by atoms with van der Waals surface area (Å²) in [6.07, 6.45) is 5.28. The average Bonchev–Trinajstić information content (AvgIpc) is 3.35. The molecule has 0 bridgehead atoms. The highest BCUT2D eigenvalue weighted by Crippen LogP contribution is 2.36. The summed E-state index contributed by atoms with van der Waals surface area (Å²) >= 11 is 1.68. The number of thiophene rings is 1. The fourth-order valence-corrected chi connectivity index (χ4v) is 4.06. The van der Waals surface area contributed by atoms with Crippen LogP contribution in [0.1, 0.15) is 36.1 Å². The Morgan fingerprint density at radius 3 is 2.88 bits per heavy atom. The van der Waals surface area contributed by atoms with E-state index in [1.54, 1.807) is 11.3 Å². The Kier molecular flexibility index (Phi) is 4.57. The maximum Gasteiger partial charge on any atom is 0.230 e. The van der Waals surface area contributed by atoms with Gasteiger partial charge >= 0.3 is 0 Å². The van der Waals surface area contributed by atoms with Crippen LogP contribution in [0.2, 0.25) is 0 Å². The van der Waals surface area contributed by atoms with Crippen LogP contribution >= 0.6 is 11.3 Å². The van der Waals surface area contributed by atoms with Crippen molar-refractivity contribution < 1.29 is 9.59 Å². The number of rotatable bonds is 5. The zero-order valence-corrected chi connectivity index (χ0v) is 15.0. The summed E-state index contributed by atoms with van der Waals surface area (Å²) in [5, 5.41) is 5.02. The van der Waals surface area contributed by atoms with Crippen molar-refractivity contribution in [1.29, 1.82) is 0 Å². The zero-order chi connectivity index (χ0) is 17.2. The molecule has 4 rings (SSSR count). The molecule has 2 aromatic rings. The molecule has 1 aliphatic carbocycles. The molecule has 0 spiro atoms. The van der Waals surface area contributed by atoms with Gasteiger partial charge in [-0.15, -0.1) is 11.3 Å². The molecule has 4 nitrogen and oxygen atoms in total. The van der Waals surface area contributed by atoms with Gasteiger partial charge in [0.05, 0.1) is 0 Å². The number of carbonyl (C=O) groups excluding carboxylic acids is 2. The van der Waals surface area contributed by atoms with E-state index in [9.17, 15) is 9.59 Å². The van der Waals surface area contributed by atoms with Crippen molar-refractivity contribution in [3.63, 3.8) is 0 Å². The lowest BCUT2D eigenvalue weighted by Gasteiger charge is -2.30. The molecule has 2 heterocycles. The molecular formula is C20H22N2O2S. The highest BCUT2D eigenvalue weighted by molar-refractivity contribution is 7.09. The molecule has 25 heavy (non-hydrogen) atoms. The van der Waals surface area contributed by atoms with E-state index in [4.69, 9.17) is 0 Å². The predicted molar refractivity (Wildman–Crippen MR) is 101 cm³/mol. The minimum Gasteiger partial charge on any atom is -0.326 e. The zero-order valence-electron chi connectivity index (χ0n) is 14.2. The molecule has 5 heteroatoms. The summed E-state index contributed by atoms with van der Waals surface area (Å²) in [5.41, 5.74) is 2.97. The fraction of sp³-hybridized carbons (Fsp3) is 0.400. The van der Waals surface area contributed by atoms with Gasteiger partial charge < -0.3 is 10.2 Å². The SMILES string of the molecule is O=C(CCc1cccs1)Nc1ccc2c(c1)N(C(=O)C1CC1)CCC2. The van der Waals surface area contributed by atoms with E-state index in [-0.39, 0.29) is 17.7 Å². The monoisotopic (exact) mass is 354 g/mol. The fourth-order valence-electron chi connectivity index (χ4n) is 3.35. The van der Waals surface area contributed by atoms with Gasteiger partial charge in [-0.3, -0.25) is 9.59 Å². The molecule has 0 unspecified atom stereocenters. The van der Waals surface area contributed by atoms with E-state index in [0.29, 0.717) is 6.42 Å². The number of hydrogen-bond acceptors (Lipinski definition) is 3. The van der Waals surface area contributed by atoms with Crippen LogP contribution in [0.5, 0.6) is 0 Å². The van der Waals surface area contributed by atoms with E-state index in [2.05, 4.69) is 17.4 Å². The molecule has 1 saturated carbocycles. The third-order valence-electron chi connectivity index (χ3n) is 4.86. The van der Waals surface area contributed by atoms with Crippen LogP contribution in [-0.4, -0.2) is 18.4 Å². The molecule has 1 fully saturated rings. The Bertz CT molecular complexity index is 781. The molecule has 2 amide bonds. The van der Waals surface area contributed by atoms with Crippen LogP contribution in [-0.2, 0) is 22.4 Å². The number of anilines is 2. The van der Waals surface area contributed by atoms with E-state index in [1.165, 1.54) is 10.4 Å². The van der Waals surface area contributed by atoms with Crippen LogP contribution in [0, 0.1) is 5.92 Å². The third kappa shape index (κ3) is 3.76. The second-order valence-corrected chi connectivity index (χ2v) is 7.87. The molecule has 0 saturated heterocycles. The first-order valence-corrected chi connectivity index (χ1v) is 9.85. The Hall–Kier alpha value is -2.14. The Labute approximate surface area is 151 Å². The van der Waals surface area contributed by atoms with Crippen molar-refractivity contribution >= 4 is 34.5 Å². The number of nitrogens with one attached hydrogen (secondary N) is 1. The lowest BCUT2D eigenvalue weighted by molar-refractivity contribution is -0.120. The minimum absolute atomic E-state index is 0.0178. The normalized spacial score (nSPS) is 16.4. The number of carbonyl (C=O) groups is 2. The Morgan fingerprint density at radius 2 is 2.12 bits per heavy atom. The van der Waals surface area contributed by atoms with E-state index >= 15 is 0 Å². The van der Waals surface area contributed by atoms with Gasteiger partial charge in [-0.1, -0.05) is 12.1 Å². The smallest absolute Gasteiger partial charge is 0.230 e. The molecule has 0 radical (unpaired) electrons. The lowest BCUT2D eigenvalue weighted by Crippen LogP contribution is -2.36. The van der Waals surface area contributed by atoms with Crippen molar-refractivity contribution in [2.24, 2.45) is 5.92 Å². The predicted octanol–water partition coefficient (Wildman–Crippen LogP) is 4.01. The molecule has 1 aliphatic heterocycles. The van der Waals surface area contributed by atoms with Crippen LogP contribution in [0.4, 0.5) is 11.4 Å². The topological polar surface area (TPSA) is 49.4 Å². The first-order valence-electron chi connectivity index (χ1n) is 8.97. The number of amides is 2. The van der Waals surface area contributed by atoms with Crippen molar-refractivity contribution in [2.45, 2.75) is 38.5 Å². The molecule has 1 aromatic carbocycles. The number of aryl methyl sites for hydroxylation is 2. The Balaban J connectivity index is 1.45. The summed E-state index contributed by atoms with van der Waals surface area (Å²) in [6.45, 7) is 0.790. The van der Waals surface area contributed by atoms with Gasteiger partial charge in [0.25, 0.3) is 0 Å². The summed E-state index contributed by atoms with van der Waals surface area (Å²) in [4.78, 5) is 27.9. The minimum atomic E-state index is 0.0178. The van der Waals surface area contributed by atoms with Crippen molar-refractivity contribution in [1.82, 2.24) is 0 Å². The molecule has 1 N–H and O–H groups in total. The van der Waals surface area contributed by atoms with Gasteiger partial charge in [0, 0.05) is 35.1 Å². The number of hydrogen-bond donors (Lipinski definition) is 1. The van der Waals surface area contributed by atoms with Crippen molar-refractivity contribution in [3.05, 3.63) is 46.2 Å². The van der Waals surface area contributed by atoms with Crippen LogP contribution < -0.4 is 10.2 Å². The molecule has 1 aromatic heterocycles. The second kappa shape index (κ2) is 7.00. The number of benzene rings is 1. The van der Waals surface area contributed by atoms with Crippen LogP contribution in [0.3, 0.4) is 0 Å². The van der Waals surface area contributed by atoms with Crippen LogP contribution in [0.15, 0.2) is 35.7 Å². The quantitative estimate of drug-likeness (QED) is 0.882. The van der Waals surface area contributed by atoms with Crippen molar-refractivity contribution in [2.75, 3.05) is 16.8 Å². The number of fused-ring (bicyclic) bond motifs is 1. The standard InChI is InChI=1S/C20H22N2O2S/c23-19(10-9-17-4-2-12-25-17)21-16-8-7-14-3-1-11-22(18(14)13-16)20(24)15-5-6-15/h2,4,7-8,12-13,15H,1,3,5-6,9-11H2,(H,21,23). The van der Waals surface area contributed by atoms with E-state index in [1.807, 2.05) is 28.5 Å². The van der Waals surface area contributed by atoms with Gasteiger partial charge in [0.2, 0.25) is 11.8 Å². The van der Waals surface area contributed by atoms with Crippen LogP contribution in [0.25, 0.3) is 0 Å². The lowest BCUT2D eigenvalue weighted by atomic mass is 10.0. The van der Waals surface area contributed by atoms with E-state index < -0.39 is 0 Å². The van der Waals surface area contributed by atoms with Crippen molar-refractivity contribution in [3.8, 4) is 0 Å². The number of nitrogens with zero attached hydrogens (tertiary/aromatic N) is 1. The summed E-state index contributed by atoms with van der Waals surface area (Å²) in [5.74, 6) is 0.487. The third-order valence-corrected chi connectivity index (χ3v) is 5.80. The van der Waals surface area contributed by atoms with Gasteiger partial charge in [-0.25, -0.2) is 0 Å². The second-order valence-electron chi connectivity index (χ2n) is 6.84. The van der Waals surface area contributed by atoms with Gasteiger partial charge in [-0.2, -0.15) is 0 Å². The maximum atomic E-state index is 12.5. The highest BCUT2D eigenvalue weighted by atomic mass is 32.1. The first-order chi connectivity index (χ1) is 12.2. The molecule has 2 aliphatic rings. The average molecular weight is 354 g/mol. The summed E-state index contributed by atoms with van der Waals surface area (Å²) < 4.78 is 0. The molecule has 130 valence electrons. The highest BCUT2D eigenvalue weighted by Gasteiger charge is 2.35. The van der Waals surface area contributed by atoms with Gasteiger partial charge in [0.15, 0.2) is 0 Å². The largest absolute Gasteiger partial charge is 0.326 e. The summed E-state index contributed by atoms with van der Waals surface area (Å²) in [7, 11) is 0. The molecule has 0 atom stereocenters. The van der Waals surface area contributed by atoms with Gasteiger partial charge in [-0.05, 0) is 61.2 Å². The maximum absolute atomic E-state index is 12.5. The summed E-state index contributed by atoms with van der Waals surface area (Å²) in [6, 6.07) is 10.0. The Morgan fingerprint density at radius 1 is 1.24 bits per heavy atom. The van der Waals surface area contributed by atoms with E-state index in [0.717, 1.165) is 50.0 Å². The molecular weight excluding hydrogens is 332 g/mol.